The van der Waals surface area contributed by atoms with Crippen molar-refractivity contribution in [3.63, 3.8) is 0 Å². The summed E-state index contributed by atoms with van der Waals surface area (Å²) in [4.78, 5) is 62.8. The third-order valence-electron chi connectivity index (χ3n) is 7.91. The van der Waals surface area contributed by atoms with E-state index >= 15 is 0 Å². The molecule has 3 heterocycles. The summed E-state index contributed by atoms with van der Waals surface area (Å²) < 4.78 is 7.40. The smallest absolute Gasteiger partial charge is 0.264 e. The number of rotatable bonds is 10. The van der Waals surface area contributed by atoms with Gasteiger partial charge in [-0.25, -0.2) is 9.56 Å². The maximum absolute atomic E-state index is 14.3. The number of hydrogen-bond acceptors (Lipinski definition) is 6. The van der Waals surface area contributed by atoms with Gasteiger partial charge in [-0.2, -0.15) is 0 Å². The summed E-state index contributed by atoms with van der Waals surface area (Å²) in [6.45, 7) is 7.38. The number of aryl methyl sites for hydroxylation is 1. The van der Waals surface area contributed by atoms with Gasteiger partial charge in [0.2, 0.25) is 11.7 Å². The minimum absolute atomic E-state index is 0. The van der Waals surface area contributed by atoms with E-state index in [0.717, 1.165) is 5.56 Å². The predicted octanol–water partition coefficient (Wildman–Crippen LogP) is 0.327. The number of pyridine rings is 1. The number of halogens is 1. The Morgan fingerprint density at radius 3 is 2.28 bits per heavy atom. The van der Waals surface area contributed by atoms with Gasteiger partial charge in [0.05, 0.1) is 11.2 Å². The zero-order valence-corrected chi connectivity index (χ0v) is 29.4. The first kappa shape index (κ1) is 35.5. The Morgan fingerprint density at radius 2 is 1.68 bits per heavy atom. The Balaban J connectivity index is 0.00000500. The molecule has 0 saturated carbocycles. The fourth-order valence-corrected chi connectivity index (χ4v) is 5.64. The maximum atomic E-state index is 14.3. The standard InChI is InChI=1S/C36H39N5O5.HI/c1-24(2)31-35(45)40(29(26-15-10-7-11-16-26)21-41(31)34(44)27-17-12-18-39(5)20-27)22-30(42)37-28(19-25-13-8-6-9-14-25)32(43)33-38-36(3,4)23-46-33;/h6-18,20-21,24,28,31H,19,22-23H2,1-5H3;1H/t28-,31+;/m0./s1. The Labute approximate surface area is 292 Å². The molecule has 0 aliphatic carbocycles. The van der Waals surface area contributed by atoms with Crippen LogP contribution >= 0.6 is 0 Å². The van der Waals surface area contributed by atoms with E-state index in [1.165, 1.54) is 9.80 Å². The van der Waals surface area contributed by atoms with Crippen molar-refractivity contribution in [1.29, 1.82) is 0 Å². The molecule has 2 aliphatic rings. The van der Waals surface area contributed by atoms with E-state index < -0.39 is 35.2 Å². The monoisotopic (exact) mass is 749 g/mol. The van der Waals surface area contributed by atoms with Crippen LogP contribution in [-0.2, 0) is 32.6 Å². The molecule has 0 unspecified atom stereocenters. The molecule has 0 bridgehead atoms. The molecule has 246 valence electrons. The molecule has 0 saturated heterocycles. The van der Waals surface area contributed by atoms with E-state index in [1.54, 1.807) is 29.1 Å². The first-order valence-corrected chi connectivity index (χ1v) is 15.4. The maximum Gasteiger partial charge on any atom is 0.264 e. The molecule has 2 aliphatic heterocycles. The van der Waals surface area contributed by atoms with Crippen LogP contribution in [0.2, 0.25) is 0 Å². The van der Waals surface area contributed by atoms with Crippen LogP contribution in [0.3, 0.4) is 0 Å². The second-order valence-electron chi connectivity index (χ2n) is 12.7. The Hall–Kier alpha value is -4.39. The lowest BCUT2D eigenvalue weighted by molar-refractivity contribution is -0.671. The minimum Gasteiger partial charge on any atom is -1.00 e. The second-order valence-corrected chi connectivity index (χ2v) is 12.7. The number of carbonyl (C=O) groups is 4. The Bertz CT molecular complexity index is 1690. The molecule has 2 aromatic carbocycles. The molecule has 47 heavy (non-hydrogen) atoms. The minimum atomic E-state index is -0.968. The number of aliphatic imine (C=N–C) groups is 1. The van der Waals surface area contributed by atoms with Crippen molar-refractivity contribution in [1.82, 2.24) is 15.1 Å². The van der Waals surface area contributed by atoms with Crippen molar-refractivity contribution in [2.45, 2.75) is 51.7 Å². The van der Waals surface area contributed by atoms with Gasteiger partial charge in [0, 0.05) is 18.7 Å². The fourth-order valence-electron chi connectivity index (χ4n) is 5.64. The summed E-state index contributed by atoms with van der Waals surface area (Å²) in [5.74, 6) is -1.96. The molecule has 3 aromatic rings. The summed E-state index contributed by atoms with van der Waals surface area (Å²) >= 11 is 0. The van der Waals surface area contributed by atoms with Gasteiger partial charge in [-0.15, -0.1) is 0 Å². The molecule has 0 spiro atoms. The van der Waals surface area contributed by atoms with Gasteiger partial charge in [-0.1, -0.05) is 74.5 Å². The first-order chi connectivity index (χ1) is 21.9. The van der Waals surface area contributed by atoms with Gasteiger partial charge >= 0.3 is 0 Å². The highest BCUT2D eigenvalue weighted by molar-refractivity contribution is 6.39. The number of aromatic nitrogens is 1. The van der Waals surface area contributed by atoms with Crippen molar-refractivity contribution >= 4 is 35.1 Å². The summed E-state index contributed by atoms with van der Waals surface area (Å²) in [5, 5.41) is 2.87. The zero-order valence-electron chi connectivity index (χ0n) is 27.2. The predicted molar refractivity (Wildman–Crippen MR) is 173 cm³/mol. The lowest BCUT2D eigenvalue weighted by atomic mass is 9.96. The van der Waals surface area contributed by atoms with Crippen LogP contribution in [0.1, 0.15) is 49.2 Å². The molecule has 0 radical (unpaired) electrons. The average Bonchev–Trinajstić information content (AvgIpc) is 3.40. The van der Waals surface area contributed by atoms with E-state index in [-0.39, 0.29) is 61.3 Å². The van der Waals surface area contributed by atoms with Gasteiger partial charge in [-0.3, -0.25) is 29.0 Å². The number of ether oxygens (including phenoxy) is 1. The Kier molecular flexibility index (Phi) is 11.3. The molecule has 5 rings (SSSR count). The lowest BCUT2D eigenvalue weighted by Gasteiger charge is -2.41. The van der Waals surface area contributed by atoms with Crippen molar-refractivity contribution < 1.29 is 52.5 Å². The van der Waals surface area contributed by atoms with E-state index in [9.17, 15) is 19.2 Å². The van der Waals surface area contributed by atoms with Crippen molar-refractivity contribution in [2.24, 2.45) is 18.0 Å². The summed E-state index contributed by atoms with van der Waals surface area (Å²) in [6, 6.07) is 20.2. The van der Waals surface area contributed by atoms with E-state index in [0.29, 0.717) is 16.8 Å². The van der Waals surface area contributed by atoms with Gasteiger partial charge in [0.15, 0.2) is 12.4 Å². The third-order valence-corrected chi connectivity index (χ3v) is 7.91. The normalized spacial score (nSPS) is 17.7. The summed E-state index contributed by atoms with van der Waals surface area (Å²) in [6.07, 6.45) is 5.41. The Morgan fingerprint density at radius 1 is 1.02 bits per heavy atom. The average molecular weight is 750 g/mol. The van der Waals surface area contributed by atoms with Crippen molar-refractivity contribution in [2.75, 3.05) is 13.2 Å². The number of carbonyl (C=O) groups excluding carboxylic acids is 4. The number of Topliss-reactive ketones (excluding diaryl/α,β-unsaturated/α-hetero) is 1. The molecule has 1 aromatic heterocycles. The van der Waals surface area contributed by atoms with Crippen LogP contribution in [0.15, 0.2) is 96.4 Å². The molecule has 11 heteroatoms. The first-order valence-electron chi connectivity index (χ1n) is 15.4. The largest absolute Gasteiger partial charge is 1.00 e. The van der Waals surface area contributed by atoms with Crippen LogP contribution < -0.4 is 33.9 Å². The zero-order chi connectivity index (χ0) is 33.0. The number of amides is 3. The number of hydrogen-bond donors (Lipinski definition) is 1. The second kappa shape index (κ2) is 15.0. The van der Waals surface area contributed by atoms with Crippen LogP contribution in [-0.4, -0.2) is 70.0 Å². The van der Waals surface area contributed by atoms with Crippen LogP contribution in [0.4, 0.5) is 0 Å². The molecule has 2 atom stereocenters. The number of ketones is 1. The lowest BCUT2D eigenvalue weighted by Crippen LogP contribution is -3.00. The van der Waals surface area contributed by atoms with Gasteiger partial charge in [0.1, 0.15) is 37.8 Å². The summed E-state index contributed by atoms with van der Waals surface area (Å²) in [7, 11) is 1.83. The molecular formula is C36H40IN5O5. The third kappa shape index (κ3) is 8.31. The van der Waals surface area contributed by atoms with Crippen LogP contribution in [0, 0.1) is 5.92 Å². The van der Waals surface area contributed by atoms with Gasteiger partial charge < -0.3 is 34.0 Å². The van der Waals surface area contributed by atoms with E-state index in [4.69, 9.17) is 4.74 Å². The fraction of sp³-hybridized carbons (Fsp3) is 0.333. The summed E-state index contributed by atoms with van der Waals surface area (Å²) in [5.41, 5.74) is 1.80. The number of nitrogens with zero attached hydrogens (tertiary/aromatic N) is 4. The van der Waals surface area contributed by atoms with Crippen molar-refractivity contribution in [3.8, 4) is 0 Å². The molecular weight excluding hydrogens is 709 g/mol. The van der Waals surface area contributed by atoms with Crippen molar-refractivity contribution in [3.05, 3.63) is 108 Å². The van der Waals surface area contributed by atoms with Crippen LogP contribution in [0.25, 0.3) is 5.70 Å². The molecule has 10 nitrogen and oxygen atoms in total. The van der Waals surface area contributed by atoms with Gasteiger partial charge in [-0.05, 0) is 37.0 Å². The topological polar surface area (TPSA) is 112 Å². The quantitative estimate of drug-likeness (QED) is 0.238. The van der Waals surface area contributed by atoms with E-state index in [1.807, 2.05) is 102 Å². The molecule has 3 amide bonds. The van der Waals surface area contributed by atoms with Gasteiger partial charge in [0.25, 0.3) is 17.7 Å². The highest BCUT2D eigenvalue weighted by atomic mass is 127. The highest BCUT2D eigenvalue weighted by Crippen LogP contribution is 2.31. The number of nitrogens with one attached hydrogen (secondary N) is 1. The van der Waals surface area contributed by atoms with E-state index in [2.05, 4.69) is 10.3 Å². The molecule has 1 N–H and O–H groups in total. The molecule has 0 fully saturated rings. The SMILES string of the molecule is CC(C)[C@@H]1C(=O)N(CC(=O)N[C@@H](Cc2ccccc2)C(=O)C2=NC(C)(C)CO2)C(c2ccccc2)=CN1C(=O)c1ccc[n+](C)c1.[I-]. The number of benzene rings is 2. The highest BCUT2D eigenvalue weighted by Gasteiger charge is 2.42. The van der Waals surface area contributed by atoms with Crippen LogP contribution in [0.5, 0.6) is 0 Å².